The maximum atomic E-state index is 11.6. The summed E-state index contributed by atoms with van der Waals surface area (Å²) in [5, 5.41) is 35.9. The third-order valence-corrected chi connectivity index (χ3v) is 7.99. The van der Waals surface area contributed by atoms with Gasteiger partial charge in [0.05, 0.1) is 0 Å². The molecule has 0 aromatic heterocycles. The Balaban J connectivity index is 1.68. The lowest BCUT2D eigenvalue weighted by Crippen LogP contribution is -1.91. The predicted octanol–water partition coefficient (Wildman–Crippen LogP) is 9.68. The van der Waals surface area contributed by atoms with Crippen LogP contribution in [0.1, 0.15) is 0 Å². The number of phenols is 2. The molecule has 0 saturated carbocycles. The van der Waals surface area contributed by atoms with E-state index in [0.29, 0.717) is 11.1 Å². The van der Waals surface area contributed by atoms with E-state index in [-0.39, 0.29) is 11.5 Å². The Kier molecular flexibility index (Phi) is 4.27. The highest BCUT2D eigenvalue weighted by atomic mass is 16.3. The van der Waals surface area contributed by atoms with Crippen LogP contribution in [0, 0.1) is 0 Å². The summed E-state index contributed by atoms with van der Waals surface area (Å²) >= 11 is 0. The summed E-state index contributed by atoms with van der Waals surface area (Å²) in [7, 11) is 0. The molecule has 8 aromatic rings. The van der Waals surface area contributed by atoms with Crippen molar-refractivity contribution in [1.29, 1.82) is 0 Å². The van der Waals surface area contributed by atoms with Gasteiger partial charge in [-0.3, -0.25) is 0 Å². The van der Waals surface area contributed by atoms with Crippen LogP contribution in [0.25, 0.3) is 75.8 Å². The minimum atomic E-state index is 0.151. The van der Waals surface area contributed by atoms with Crippen LogP contribution in [0.15, 0.2) is 121 Å². The van der Waals surface area contributed by atoms with Crippen molar-refractivity contribution in [1.82, 2.24) is 0 Å². The minimum absolute atomic E-state index is 0.151. The lowest BCUT2D eigenvalue weighted by Gasteiger charge is -2.18. The van der Waals surface area contributed by atoms with Crippen LogP contribution in [0.4, 0.5) is 0 Å². The van der Waals surface area contributed by atoms with E-state index in [1.165, 1.54) is 0 Å². The third-order valence-electron chi connectivity index (χ3n) is 7.99. The molecule has 0 atom stereocenters. The van der Waals surface area contributed by atoms with Gasteiger partial charge in [-0.1, -0.05) is 109 Å². The molecule has 0 radical (unpaired) electrons. The lowest BCUT2D eigenvalue weighted by molar-refractivity contribution is 0.470. The summed E-state index contributed by atoms with van der Waals surface area (Å²) in [6.07, 6.45) is 0. The van der Waals surface area contributed by atoms with Crippen molar-refractivity contribution in [3.05, 3.63) is 121 Å². The molecule has 0 aliphatic carbocycles. The summed E-state index contributed by atoms with van der Waals surface area (Å²) < 4.78 is 0. The van der Waals surface area contributed by atoms with Crippen LogP contribution >= 0.6 is 0 Å². The molecule has 178 valence electrons. The first-order valence-corrected chi connectivity index (χ1v) is 12.8. The van der Waals surface area contributed by atoms with E-state index >= 15 is 0 Å². The van der Waals surface area contributed by atoms with E-state index in [2.05, 4.69) is 84.9 Å². The maximum absolute atomic E-state index is 11.6. The van der Waals surface area contributed by atoms with Crippen LogP contribution in [0.2, 0.25) is 0 Å². The van der Waals surface area contributed by atoms with Gasteiger partial charge in [-0.2, -0.15) is 0 Å². The second-order valence-electron chi connectivity index (χ2n) is 10.0. The maximum Gasteiger partial charge on any atom is 0.124 e. The van der Waals surface area contributed by atoms with Gasteiger partial charge in [0, 0.05) is 21.9 Å². The van der Waals surface area contributed by atoms with Gasteiger partial charge in [0.25, 0.3) is 0 Å². The lowest BCUT2D eigenvalue weighted by atomic mass is 9.86. The molecule has 0 spiro atoms. The monoisotopic (exact) mass is 486 g/mol. The van der Waals surface area contributed by atoms with E-state index in [1.54, 1.807) is 12.1 Å². The highest BCUT2D eigenvalue weighted by molar-refractivity contribution is 6.30. The normalized spacial score (nSPS) is 11.9. The Hall–Kier alpha value is -5.08. The van der Waals surface area contributed by atoms with E-state index in [0.717, 1.165) is 64.6 Å². The molecule has 0 unspecified atom stereocenters. The van der Waals surface area contributed by atoms with Gasteiger partial charge in [-0.25, -0.2) is 0 Å². The van der Waals surface area contributed by atoms with Gasteiger partial charge in [-0.15, -0.1) is 0 Å². The molecular formula is C36H22O2. The van der Waals surface area contributed by atoms with Crippen molar-refractivity contribution in [2.24, 2.45) is 0 Å². The summed E-state index contributed by atoms with van der Waals surface area (Å²) in [5.41, 5.74) is 1.32. The highest BCUT2D eigenvalue weighted by Gasteiger charge is 2.21. The van der Waals surface area contributed by atoms with Crippen LogP contribution < -0.4 is 0 Å². The Bertz CT molecular complexity index is 2090. The van der Waals surface area contributed by atoms with Crippen LogP contribution in [-0.2, 0) is 0 Å². The molecule has 2 heteroatoms. The molecule has 0 amide bonds. The molecule has 0 saturated heterocycles. The number of benzene rings is 8. The van der Waals surface area contributed by atoms with Gasteiger partial charge in [0.2, 0.25) is 0 Å². The number of hydrogen-bond acceptors (Lipinski definition) is 2. The number of rotatable bonds is 1. The topological polar surface area (TPSA) is 40.5 Å². The zero-order chi connectivity index (χ0) is 25.4. The molecule has 0 aliphatic rings. The average molecular weight is 487 g/mol. The second-order valence-corrected chi connectivity index (χ2v) is 10.0. The number of phenolic OH excluding ortho intramolecular Hbond substituents is 2. The van der Waals surface area contributed by atoms with E-state index in [1.807, 2.05) is 24.3 Å². The Morgan fingerprint density at radius 2 is 0.605 bits per heavy atom. The summed E-state index contributed by atoms with van der Waals surface area (Å²) in [5.74, 6) is 0.302. The summed E-state index contributed by atoms with van der Waals surface area (Å²) in [6, 6.07) is 41.2. The average Bonchev–Trinajstić information content (AvgIpc) is 2.96. The Morgan fingerprint density at radius 1 is 0.289 bits per heavy atom. The van der Waals surface area contributed by atoms with Gasteiger partial charge in [0.15, 0.2) is 0 Å². The molecule has 2 nitrogen and oxygen atoms in total. The first-order valence-electron chi connectivity index (χ1n) is 12.8. The number of hydrogen-bond donors (Lipinski definition) is 2. The minimum Gasteiger partial charge on any atom is -0.507 e. The van der Waals surface area contributed by atoms with E-state index in [4.69, 9.17) is 0 Å². The van der Waals surface area contributed by atoms with Crippen molar-refractivity contribution >= 4 is 64.6 Å². The van der Waals surface area contributed by atoms with Crippen molar-refractivity contribution in [3.63, 3.8) is 0 Å². The Labute approximate surface area is 218 Å². The first-order chi connectivity index (χ1) is 18.7. The zero-order valence-corrected chi connectivity index (χ0v) is 20.4. The largest absolute Gasteiger partial charge is 0.507 e. The molecule has 8 aromatic carbocycles. The van der Waals surface area contributed by atoms with Crippen LogP contribution in [0.5, 0.6) is 11.5 Å². The van der Waals surface area contributed by atoms with Crippen LogP contribution in [-0.4, -0.2) is 10.2 Å². The van der Waals surface area contributed by atoms with Crippen molar-refractivity contribution in [3.8, 4) is 22.6 Å². The quantitative estimate of drug-likeness (QED) is 0.227. The molecule has 0 fully saturated rings. The standard InChI is InChI=1S/C36H22O2/c37-29-19-17-25-15-13-23-11-9-21-5-1-3-7-27(21)31(23)33(25)35(29)36-30(38)20-18-26-16-14-24-12-10-22-6-2-4-8-28(22)32(24)34(26)36/h1-20,37-38H. The van der Waals surface area contributed by atoms with Crippen molar-refractivity contribution in [2.75, 3.05) is 0 Å². The molecule has 0 heterocycles. The van der Waals surface area contributed by atoms with Crippen molar-refractivity contribution in [2.45, 2.75) is 0 Å². The molecule has 38 heavy (non-hydrogen) atoms. The fraction of sp³-hybridized carbons (Fsp3) is 0. The predicted molar refractivity (Wildman–Crippen MR) is 160 cm³/mol. The van der Waals surface area contributed by atoms with Gasteiger partial charge in [0.1, 0.15) is 11.5 Å². The first kappa shape index (κ1) is 21.0. The SMILES string of the molecule is Oc1ccc2ccc3ccc4ccccc4c3c2c1-c1c(O)ccc2ccc3ccc4ccccc4c3c12. The third kappa shape index (κ3) is 2.83. The molecule has 2 N–H and O–H groups in total. The summed E-state index contributed by atoms with van der Waals surface area (Å²) in [6.45, 7) is 0. The number of fused-ring (bicyclic) bond motifs is 10. The van der Waals surface area contributed by atoms with E-state index < -0.39 is 0 Å². The smallest absolute Gasteiger partial charge is 0.124 e. The van der Waals surface area contributed by atoms with Crippen LogP contribution in [0.3, 0.4) is 0 Å². The highest BCUT2D eigenvalue weighted by Crippen LogP contribution is 2.49. The molecule has 0 aliphatic heterocycles. The number of aromatic hydroxyl groups is 2. The van der Waals surface area contributed by atoms with E-state index in [9.17, 15) is 10.2 Å². The second kappa shape index (κ2) is 7.71. The molecule has 0 bridgehead atoms. The van der Waals surface area contributed by atoms with Gasteiger partial charge in [-0.05, 0) is 66.0 Å². The van der Waals surface area contributed by atoms with Gasteiger partial charge < -0.3 is 10.2 Å². The van der Waals surface area contributed by atoms with Gasteiger partial charge >= 0.3 is 0 Å². The Morgan fingerprint density at radius 3 is 1.03 bits per heavy atom. The fourth-order valence-corrected chi connectivity index (χ4v) is 6.31. The molecular weight excluding hydrogens is 464 g/mol. The fourth-order valence-electron chi connectivity index (χ4n) is 6.31. The zero-order valence-electron chi connectivity index (χ0n) is 20.4. The molecule has 8 rings (SSSR count). The summed E-state index contributed by atoms with van der Waals surface area (Å²) in [4.78, 5) is 0. The van der Waals surface area contributed by atoms with Crippen molar-refractivity contribution < 1.29 is 10.2 Å².